The largest absolute Gasteiger partial charge is 0.444 e. The van der Waals surface area contributed by atoms with Gasteiger partial charge in [-0.15, -0.1) is 0 Å². The molecule has 7 nitrogen and oxygen atoms in total. The molecular weight excluding hydrogens is 354 g/mol. The summed E-state index contributed by atoms with van der Waals surface area (Å²) in [7, 11) is -3.71. The third-order valence-electron chi connectivity index (χ3n) is 4.09. The number of sulfonamides is 1. The Kier molecular flexibility index (Phi) is 4.90. The minimum atomic E-state index is -3.71. The quantitative estimate of drug-likeness (QED) is 0.888. The standard InChI is InChI=1S/C18H23N3O4S/c1-18(2,3)25-17(22)21-10-8-14(12-21)20-26(23,24)16-6-4-5-13-11-19-9-7-15(13)16/h4-7,9,11,14,20H,8,10,12H2,1-3H3/t14-/m0/s1. The summed E-state index contributed by atoms with van der Waals surface area (Å²) >= 11 is 0. The van der Waals surface area contributed by atoms with Gasteiger partial charge in [0.2, 0.25) is 10.0 Å². The van der Waals surface area contributed by atoms with Crippen molar-refractivity contribution in [3.63, 3.8) is 0 Å². The van der Waals surface area contributed by atoms with Crippen LogP contribution in [0.5, 0.6) is 0 Å². The molecule has 2 aromatic rings. The Bertz CT molecular complexity index is 916. The number of carbonyl (C=O) groups is 1. The highest BCUT2D eigenvalue weighted by Crippen LogP contribution is 2.23. The maximum atomic E-state index is 12.8. The SMILES string of the molecule is CC(C)(C)OC(=O)N1CC[C@H](NS(=O)(=O)c2cccc3cnccc23)C1. The van der Waals surface area contributed by atoms with Crippen molar-refractivity contribution in [2.24, 2.45) is 0 Å². The fraction of sp³-hybridized carbons (Fsp3) is 0.444. The number of nitrogens with zero attached hydrogens (tertiary/aromatic N) is 2. The van der Waals surface area contributed by atoms with Gasteiger partial charge in [-0.3, -0.25) is 4.98 Å². The van der Waals surface area contributed by atoms with E-state index in [2.05, 4.69) is 9.71 Å². The summed E-state index contributed by atoms with van der Waals surface area (Å²) < 4.78 is 33.7. The summed E-state index contributed by atoms with van der Waals surface area (Å²) in [5, 5.41) is 1.38. The molecule has 1 fully saturated rings. The van der Waals surface area contributed by atoms with Crippen LogP contribution in [-0.4, -0.2) is 49.1 Å². The zero-order valence-corrected chi connectivity index (χ0v) is 15.9. The molecule has 0 aliphatic carbocycles. The zero-order valence-electron chi connectivity index (χ0n) is 15.1. The fourth-order valence-electron chi connectivity index (χ4n) is 2.96. The zero-order chi connectivity index (χ0) is 18.9. The number of aromatic nitrogens is 1. The van der Waals surface area contributed by atoms with E-state index in [1.807, 2.05) is 6.07 Å². The molecule has 0 bridgehead atoms. The van der Waals surface area contributed by atoms with Gasteiger partial charge in [0.25, 0.3) is 0 Å². The molecule has 2 heterocycles. The molecule has 1 aliphatic rings. The van der Waals surface area contributed by atoms with E-state index in [4.69, 9.17) is 4.74 Å². The number of rotatable bonds is 3. The molecule has 1 saturated heterocycles. The van der Waals surface area contributed by atoms with E-state index in [9.17, 15) is 13.2 Å². The number of hydrogen-bond donors (Lipinski definition) is 1. The summed E-state index contributed by atoms with van der Waals surface area (Å²) in [4.78, 5) is 17.9. The number of hydrogen-bond acceptors (Lipinski definition) is 5. The number of carbonyl (C=O) groups excluding carboxylic acids is 1. The number of amides is 1. The maximum absolute atomic E-state index is 12.8. The number of ether oxygens (including phenoxy) is 1. The molecule has 3 rings (SSSR count). The molecule has 0 spiro atoms. The Hall–Kier alpha value is -2.19. The Morgan fingerprint density at radius 1 is 1.31 bits per heavy atom. The van der Waals surface area contributed by atoms with E-state index in [0.29, 0.717) is 24.9 Å². The molecule has 26 heavy (non-hydrogen) atoms. The first-order chi connectivity index (χ1) is 12.2. The monoisotopic (exact) mass is 377 g/mol. The lowest BCUT2D eigenvalue weighted by molar-refractivity contribution is 0.0292. The average Bonchev–Trinajstić information content (AvgIpc) is 3.00. The van der Waals surface area contributed by atoms with Crippen LogP contribution in [0.3, 0.4) is 0 Å². The molecule has 1 aromatic carbocycles. The van der Waals surface area contributed by atoms with Crippen LogP contribution in [0.4, 0.5) is 4.79 Å². The van der Waals surface area contributed by atoms with E-state index < -0.39 is 21.7 Å². The van der Waals surface area contributed by atoms with Crippen molar-refractivity contribution in [3.8, 4) is 0 Å². The summed E-state index contributed by atoms with van der Waals surface area (Å²) in [6.45, 7) is 6.16. The van der Waals surface area contributed by atoms with Crippen molar-refractivity contribution >= 4 is 26.9 Å². The molecule has 1 N–H and O–H groups in total. The van der Waals surface area contributed by atoms with E-state index in [-0.39, 0.29) is 10.9 Å². The van der Waals surface area contributed by atoms with Crippen LogP contribution < -0.4 is 4.72 Å². The topological polar surface area (TPSA) is 88.6 Å². The number of benzene rings is 1. The summed E-state index contributed by atoms with van der Waals surface area (Å²) in [6, 6.07) is 6.43. The van der Waals surface area contributed by atoms with E-state index in [1.165, 1.54) is 4.90 Å². The lowest BCUT2D eigenvalue weighted by Crippen LogP contribution is -2.40. The van der Waals surface area contributed by atoms with Gasteiger partial charge in [0.1, 0.15) is 5.60 Å². The first-order valence-electron chi connectivity index (χ1n) is 8.49. The summed E-state index contributed by atoms with van der Waals surface area (Å²) in [5.74, 6) is 0. The van der Waals surface area contributed by atoms with Gasteiger partial charge in [0, 0.05) is 42.3 Å². The van der Waals surface area contributed by atoms with Gasteiger partial charge in [0.15, 0.2) is 0 Å². The predicted molar refractivity (Wildman–Crippen MR) is 98.3 cm³/mol. The lowest BCUT2D eigenvalue weighted by atomic mass is 10.2. The highest BCUT2D eigenvalue weighted by atomic mass is 32.2. The second-order valence-electron chi connectivity index (χ2n) is 7.39. The molecule has 1 atom stereocenters. The van der Waals surface area contributed by atoms with Gasteiger partial charge in [-0.25, -0.2) is 17.9 Å². The van der Waals surface area contributed by atoms with Crippen LogP contribution in [0.15, 0.2) is 41.6 Å². The second kappa shape index (κ2) is 6.85. The lowest BCUT2D eigenvalue weighted by Gasteiger charge is -2.24. The third-order valence-corrected chi connectivity index (χ3v) is 5.67. The second-order valence-corrected chi connectivity index (χ2v) is 9.07. The molecule has 0 saturated carbocycles. The highest BCUT2D eigenvalue weighted by molar-refractivity contribution is 7.89. The summed E-state index contributed by atoms with van der Waals surface area (Å²) in [5.41, 5.74) is -0.578. The Morgan fingerprint density at radius 3 is 2.81 bits per heavy atom. The number of pyridine rings is 1. The van der Waals surface area contributed by atoms with Gasteiger partial charge in [0.05, 0.1) is 4.90 Å². The van der Waals surface area contributed by atoms with E-state index in [0.717, 1.165) is 5.39 Å². The number of nitrogens with one attached hydrogen (secondary N) is 1. The van der Waals surface area contributed by atoms with Crippen molar-refractivity contribution < 1.29 is 17.9 Å². The molecule has 0 radical (unpaired) electrons. The van der Waals surface area contributed by atoms with Gasteiger partial charge in [-0.05, 0) is 39.3 Å². The van der Waals surface area contributed by atoms with Crippen LogP contribution in [0.25, 0.3) is 10.8 Å². The number of likely N-dealkylation sites (tertiary alicyclic amines) is 1. The predicted octanol–water partition coefficient (Wildman–Crippen LogP) is 2.52. The van der Waals surface area contributed by atoms with Crippen LogP contribution in [-0.2, 0) is 14.8 Å². The molecule has 1 aromatic heterocycles. The van der Waals surface area contributed by atoms with E-state index >= 15 is 0 Å². The van der Waals surface area contributed by atoms with E-state index in [1.54, 1.807) is 51.4 Å². The van der Waals surface area contributed by atoms with Crippen LogP contribution in [0.2, 0.25) is 0 Å². The van der Waals surface area contributed by atoms with Crippen molar-refractivity contribution in [1.82, 2.24) is 14.6 Å². The highest BCUT2D eigenvalue weighted by Gasteiger charge is 2.32. The molecule has 1 aliphatic heterocycles. The van der Waals surface area contributed by atoms with Gasteiger partial charge in [-0.2, -0.15) is 0 Å². The van der Waals surface area contributed by atoms with Crippen LogP contribution in [0.1, 0.15) is 27.2 Å². The van der Waals surface area contributed by atoms with Crippen LogP contribution >= 0.6 is 0 Å². The Morgan fingerprint density at radius 2 is 2.08 bits per heavy atom. The van der Waals surface area contributed by atoms with Gasteiger partial charge >= 0.3 is 6.09 Å². The normalized spacial score (nSPS) is 18.3. The Balaban J connectivity index is 1.74. The van der Waals surface area contributed by atoms with Gasteiger partial charge in [-0.1, -0.05) is 12.1 Å². The fourth-order valence-corrected chi connectivity index (χ4v) is 4.45. The first-order valence-corrected chi connectivity index (χ1v) is 9.97. The maximum Gasteiger partial charge on any atom is 0.410 e. The van der Waals surface area contributed by atoms with Gasteiger partial charge < -0.3 is 9.64 Å². The molecule has 1 amide bonds. The number of fused-ring (bicyclic) bond motifs is 1. The molecule has 0 unspecified atom stereocenters. The summed E-state index contributed by atoms with van der Waals surface area (Å²) in [6.07, 6.45) is 3.33. The van der Waals surface area contributed by atoms with Crippen LogP contribution in [0, 0.1) is 0 Å². The van der Waals surface area contributed by atoms with Crippen molar-refractivity contribution in [1.29, 1.82) is 0 Å². The Labute approximate surface area is 153 Å². The molecule has 8 heteroatoms. The molecular formula is C18H23N3O4S. The molecule has 140 valence electrons. The van der Waals surface area contributed by atoms with Crippen molar-refractivity contribution in [3.05, 3.63) is 36.7 Å². The average molecular weight is 377 g/mol. The smallest absolute Gasteiger partial charge is 0.410 e. The minimum Gasteiger partial charge on any atom is -0.444 e. The van der Waals surface area contributed by atoms with Crippen molar-refractivity contribution in [2.75, 3.05) is 13.1 Å². The minimum absolute atomic E-state index is 0.216. The first kappa shape index (κ1) is 18.6. The van der Waals surface area contributed by atoms with Crippen molar-refractivity contribution in [2.45, 2.75) is 43.7 Å². The third kappa shape index (κ3) is 4.13.